The van der Waals surface area contributed by atoms with Gasteiger partial charge in [0.15, 0.2) is 0 Å². The highest BCUT2D eigenvalue weighted by atomic mass is 16.5. The molecule has 1 aromatic carbocycles. The van der Waals surface area contributed by atoms with E-state index in [1.165, 1.54) is 6.42 Å². The summed E-state index contributed by atoms with van der Waals surface area (Å²) in [5, 5.41) is 0. The van der Waals surface area contributed by atoms with Gasteiger partial charge in [-0.15, -0.1) is 0 Å². The van der Waals surface area contributed by atoms with Crippen molar-refractivity contribution in [2.75, 3.05) is 13.2 Å². The van der Waals surface area contributed by atoms with Gasteiger partial charge in [-0.2, -0.15) is 0 Å². The first-order chi connectivity index (χ1) is 7.77. The van der Waals surface area contributed by atoms with Gasteiger partial charge in [-0.1, -0.05) is 18.2 Å². The zero-order valence-corrected chi connectivity index (χ0v) is 9.32. The molecule has 3 heteroatoms. The Morgan fingerprint density at radius 1 is 1.44 bits per heavy atom. The molecule has 2 rings (SSSR count). The number of carbonyl (C=O) groups excluding carboxylic acids is 1. The van der Waals surface area contributed by atoms with Gasteiger partial charge in [0.25, 0.3) is 0 Å². The van der Waals surface area contributed by atoms with E-state index in [1.54, 1.807) is 6.07 Å². The van der Waals surface area contributed by atoms with E-state index in [0.29, 0.717) is 11.5 Å². The highest BCUT2D eigenvalue weighted by Gasteiger charge is 2.17. The van der Waals surface area contributed by atoms with Crippen LogP contribution in [-0.2, 0) is 11.2 Å². The zero-order chi connectivity index (χ0) is 11.4. The molecule has 1 aromatic rings. The van der Waals surface area contributed by atoms with Crippen molar-refractivity contribution in [2.45, 2.75) is 19.3 Å². The largest absolute Gasteiger partial charge is 0.381 e. The van der Waals surface area contributed by atoms with Gasteiger partial charge in [0.1, 0.15) is 0 Å². The monoisotopic (exact) mass is 219 g/mol. The lowest BCUT2D eigenvalue weighted by Crippen LogP contribution is -2.21. The van der Waals surface area contributed by atoms with Crippen LogP contribution in [0.1, 0.15) is 28.8 Å². The normalized spacial score (nSPS) is 20.6. The van der Waals surface area contributed by atoms with Gasteiger partial charge in [-0.25, -0.2) is 0 Å². The molecule has 86 valence electrons. The summed E-state index contributed by atoms with van der Waals surface area (Å²) in [6, 6.07) is 7.57. The molecule has 1 aliphatic rings. The SMILES string of the molecule is NC(=O)c1ccccc1CC1CCCOC1. The van der Waals surface area contributed by atoms with Crippen LogP contribution in [0.25, 0.3) is 0 Å². The Labute approximate surface area is 95.6 Å². The van der Waals surface area contributed by atoms with Crippen LogP contribution in [0.3, 0.4) is 0 Å². The molecule has 1 amide bonds. The van der Waals surface area contributed by atoms with Gasteiger partial charge in [0.05, 0.1) is 0 Å². The van der Waals surface area contributed by atoms with Gasteiger partial charge in [-0.05, 0) is 36.8 Å². The van der Waals surface area contributed by atoms with Gasteiger partial charge >= 0.3 is 0 Å². The summed E-state index contributed by atoms with van der Waals surface area (Å²) in [5.74, 6) is 0.182. The quantitative estimate of drug-likeness (QED) is 0.842. The molecule has 1 unspecified atom stereocenters. The lowest BCUT2D eigenvalue weighted by atomic mass is 9.91. The van der Waals surface area contributed by atoms with E-state index < -0.39 is 0 Å². The zero-order valence-electron chi connectivity index (χ0n) is 9.32. The molecule has 0 spiro atoms. The number of rotatable bonds is 3. The Bertz CT molecular complexity index is 370. The molecule has 1 fully saturated rings. The van der Waals surface area contributed by atoms with Gasteiger partial charge in [0, 0.05) is 18.8 Å². The first kappa shape index (κ1) is 11.1. The van der Waals surface area contributed by atoms with E-state index in [-0.39, 0.29) is 5.91 Å². The summed E-state index contributed by atoms with van der Waals surface area (Å²) in [4.78, 5) is 11.3. The summed E-state index contributed by atoms with van der Waals surface area (Å²) >= 11 is 0. The number of ether oxygens (including phenoxy) is 1. The molecule has 3 nitrogen and oxygen atoms in total. The minimum atomic E-state index is -0.340. The predicted octanol–water partition coefficient (Wildman–Crippen LogP) is 1.75. The minimum absolute atomic E-state index is 0.340. The summed E-state index contributed by atoms with van der Waals surface area (Å²) < 4.78 is 5.44. The van der Waals surface area contributed by atoms with Crippen molar-refractivity contribution in [3.8, 4) is 0 Å². The summed E-state index contributed by atoms with van der Waals surface area (Å²) in [7, 11) is 0. The molecule has 16 heavy (non-hydrogen) atoms. The smallest absolute Gasteiger partial charge is 0.248 e. The van der Waals surface area contributed by atoms with Crippen molar-refractivity contribution in [2.24, 2.45) is 11.7 Å². The predicted molar refractivity (Wildman–Crippen MR) is 62.2 cm³/mol. The number of hydrogen-bond donors (Lipinski definition) is 1. The van der Waals surface area contributed by atoms with Gasteiger partial charge < -0.3 is 10.5 Å². The first-order valence-electron chi connectivity index (χ1n) is 5.73. The van der Waals surface area contributed by atoms with E-state index in [9.17, 15) is 4.79 Å². The van der Waals surface area contributed by atoms with E-state index >= 15 is 0 Å². The van der Waals surface area contributed by atoms with Crippen molar-refractivity contribution < 1.29 is 9.53 Å². The van der Waals surface area contributed by atoms with Crippen LogP contribution in [0, 0.1) is 5.92 Å². The Morgan fingerprint density at radius 3 is 2.94 bits per heavy atom. The fourth-order valence-electron chi connectivity index (χ4n) is 2.22. The second kappa shape index (κ2) is 5.12. The van der Waals surface area contributed by atoms with Crippen LogP contribution < -0.4 is 5.73 Å². The molecule has 0 aliphatic carbocycles. The number of primary amides is 1. The maximum Gasteiger partial charge on any atom is 0.248 e. The molecule has 0 aromatic heterocycles. The summed E-state index contributed by atoms with van der Waals surface area (Å²) in [6.07, 6.45) is 3.18. The van der Waals surface area contributed by atoms with Crippen LogP contribution in [0.2, 0.25) is 0 Å². The average molecular weight is 219 g/mol. The number of hydrogen-bond acceptors (Lipinski definition) is 2. The maximum atomic E-state index is 11.3. The number of nitrogens with two attached hydrogens (primary N) is 1. The fourth-order valence-corrected chi connectivity index (χ4v) is 2.22. The molecule has 0 saturated carbocycles. The standard InChI is InChI=1S/C13H17NO2/c14-13(15)12-6-2-1-5-11(12)8-10-4-3-7-16-9-10/h1-2,5-6,10H,3-4,7-9H2,(H2,14,15). The van der Waals surface area contributed by atoms with E-state index in [0.717, 1.165) is 31.6 Å². The van der Waals surface area contributed by atoms with Crippen molar-refractivity contribution in [1.82, 2.24) is 0 Å². The van der Waals surface area contributed by atoms with Crippen LogP contribution in [0.15, 0.2) is 24.3 Å². The molecular formula is C13H17NO2. The second-order valence-corrected chi connectivity index (χ2v) is 4.31. The van der Waals surface area contributed by atoms with Gasteiger partial charge in [-0.3, -0.25) is 4.79 Å². The van der Waals surface area contributed by atoms with Crippen LogP contribution in [-0.4, -0.2) is 19.1 Å². The van der Waals surface area contributed by atoms with E-state index in [1.807, 2.05) is 18.2 Å². The lowest BCUT2D eigenvalue weighted by Gasteiger charge is -2.22. The molecule has 0 bridgehead atoms. The molecule has 0 radical (unpaired) electrons. The molecule has 1 aliphatic heterocycles. The number of carbonyl (C=O) groups is 1. The molecule has 1 heterocycles. The lowest BCUT2D eigenvalue weighted by molar-refractivity contribution is 0.0549. The Kier molecular flexibility index (Phi) is 3.57. The van der Waals surface area contributed by atoms with Crippen molar-refractivity contribution in [1.29, 1.82) is 0 Å². The topological polar surface area (TPSA) is 52.3 Å². The Balaban J connectivity index is 2.10. The molecule has 1 atom stereocenters. The van der Waals surface area contributed by atoms with Crippen molar-refractivity contribution in [3.05, 3.63) is 35.4 Å². The Hall–Kier alpha value is -1.35. The molecular weight excluding hydrogens is 202 g/mol. The van der Waals surface area contributed by atoms with E-state index in [4.69, 9.17) is 10.5 Å². The summed E-state index contributed by atoms with van der Waals surface area (Å²) in [5.41, 5.74) is 7.04. The first-order valence-corrected chi connectivity index (χ1v) is 5.73. The molecule has 2 N–H and O–H groups in total. The van der Waals surface area contributed by atoms with Gasteiger partial charge in [0.2, 0.25) is 5.91 Å². The number of amides is 1. The third-order valence-electron chi connectivity index (χ3n) is 3.05. The summed E-state index contributed by atoms with van der Waals surface area (Å²) in [6.45, 7) is 1.67. The Morgan fingerprint density at radius 2 is 2.25 bits per heavy atom. The highest BCUT2D eigenvalue weighted by molar-refractivity contribution is 5.94. The van der Waals surface area contributed by atoms with E-state index in [2.05, 4.69) is 0 Å². The maximum absolute atomic E-state index is 11.3. The fraction of sp³-hybridized carbons (Fsp3) is 0.462. The second-order valence-electron chi connectivity index (χ2n) is 4.31. The van der Waals surface area contributed by atoms with Crippen molar-refractivity contribution in [3.63, 3.8) is 0 Å². The third kappa shape index (κ3) is 2.61. The number of benzene rings is 1. The minimum Gasteiger partial charge on any atom is -0.381 e. The molecule has 1 saturated heterocycles. The van der Waals surface area contributed by atoms with Crippen LogP contribution in [0.5, 0.6) is 0 Å². The van der Waals surface area contributed by atoms with Crippen LogP contribution >= 0.6 is 0 Å². The highest BCUT2D eigenvalue weighted by Crippen LogP contribution is 2.20. The third-order valence-corrected chi connectivity index (χ3v) is 3.05. The van der Waals surface area contributed by atoms with Crippen LogP contribution in [0.4, 0.5) is 0 Å². The van der Waals surface area contributed by atoms with Crippen molar-refractivity contribution >= 4 is 5.91 Å². The average Bonchev–Trinajstić information content (AvgIpc) is 2.31.